The number of halogens is 2. The second kappa shape index (κ2) is 9.58. The van der Waals surface area contributed by atoms with E-state index in [0.29, 0.717) is 39.6 Å². The summed E-state index contributed by atoms with van der Waals surface area (Å²) in [6.45, 7) is 8.24. The molecule has 186 valence electrons. The highest BCUT2D eigenvalue weighted by Gasteiger charge is 2.21. The predicted molar refractivity (Wildman–Crippen MR) is 131 cm³/mol. The number of hydrogen-bond donors (Lipinski definition) is 1. The Kier molecular flexibility index (Phi) is 6.69. The summed E-state index contributed by atoms with van der Waals surface area (Å²) in [6.07, 6.45) is 3.21. The molecule has 9 heteroatoms. The van der Waals surface area contributed by atoms with Crippen molar-refractivity contribution in [3.05, 3.63) is 99.1 Å². The van der Waals surface area contributed by atoms with Crippen molar-refractivity contribution in [1.82, 2.24) is 19.5 Å². The first-order valence-corrected chi connectivity index (χ1v) is 11.3. The molecule has 0 aliphatic rings. The predicted octanol–water partition coefficient (Wildman–Crippen LogP) is 4.70. The summed E-state index contributed by atoms with van der Waals surface area (Å²) in [5.41, 5.74) is 1.97. The van der Waals surface area contributed by atoms with Gasteiger partial charge in [-0.2, -0.15) is 0 Å². The van der Waals surface area contributed by atoms with Crippen LogP contribution in [0.15, 0.2) is 53.6 Å². The molecule has 1 N–H and O–H groups in total. The van der Waals surface area contributed by atoms with Crippen molar-refractivity contribution in [1.29, 1.82) is 0 Å². The van der Waals surface area contributed by atoms with E-state index in [2.05, 4.69) is 15.0 Å². The van der Waals surface area contributed by atoms with Gasteiger partial charge >= 0.3 is 0 Å². The molecule has 0 saturated heterocycles. The highest BCUT2D eigenvalue weighted by molar-refractivity contribution is 5.62. The van der Waals surface area contributed by atoms with Crippen molar-refractivity contribution < 1.29 is 18.6 Å². The van der Waals surface area contributed by atoms with Crippen LogP contribution in [0.2, 0.25) is 0 Å². The number of aromatic nitrogens is 4. The van der Waals surface area contributed by atoms with E-state index in [4.69, 9.17) is 4.74 Å². The molecule has 4 aromatic rings. The fraction of sp³-hybridized carbons (Fsp3) is 0.259. The van der Waals surface area contributed by atoms with Crippen molar-refractivity contribution in [2.45, 2.75) is 46.8 Å². The molecular weight excluding hydrogens is 466 g/mol. The Morgan fingerprint density at radius 3 is 2.50 bits per heavy atom. The summed E-state index contributed by atoms with van der Waals surface area (Å²) in [7, 11) is 0. The maximum atomic E-state index is 14.0. The van der Waals surface area contributed by atoms with Gasteiger partial charge < -0.3 is 9.84 Å². The van der Waals surface area contributed by atoms with Gasteiger partial charge in [0.2, 0.25) is 0 Å². The normalized spacial score (nSPS) is 11.6. The van der Waals surface area contributed by atoms with E-state index in [-0.39, 0.29) is 23.6 Å². The molecule has 36 heavy (non-hydrogen) atoms. The van der Waals surface area contributed by atoms with Gasteiger partial charge in [-0.3, -0.25) is 14.3 Å². The van der Waals surface area contributed by atoms with Gasteiger partial charge in [0.25, 0.3) is 5.56 Å². The Morgan fingerprint density at radius 1 is 1.06 bits per heavy atom. The smallest absolute Gasteiger partial charge is 0.261 e. The molecule has 0 aliphatic heterocycles. The number of benzene rings is 1. The summed E-state index contributed by atoms with van der Waals surface area (Å²) >= 11 is 0. The van der Waals surface area contributed by atoms with E-state index in [1.54, 1.807) is 65.2 Å². The Balaban J connectivity index is 1.72. The van der Waals surface area contributed by atoms with Crippen LogP contribution >= 0.6 is 0 Å². The fourth-order valence-electron chi connectivity index (χ4n) is 3.74. The molecular formula is C27H26F2N4O3. The minimum atomic E-state index is -1.21. The lowest BCUT2D eigenvalue weighted by atomic mass is 10.1. The first kappa shape index (κ1) is 25.1. The zero-order valence-electron chi connectivity index (χ0n) is 20.6. The fourth-order valence-corrected chi connectivity index (χ4v) is 3.74. The minimum absolute atomic E-state index is 0.150. The number of hydrogen-bond acceptors (Lipinski definition) is 6. The lowest BCUT2D eigenvalue weighted by molar-refractivity contribution is 0.0688. The van der Waals surface area contributed by atoms with E-state index in [0.717, 1.165) is 12.1 Å². The van der Waals surface area contributed by atoms with Crippen molar-refractivity contribution in [3.63, 3.8) is 0 Å². The van der Waals surface area contributed by atoms with Gasteiger partial charge in [-0.05, 0) is 58.9 Å². The zero-order valence-corrected chi connectivity index (χ0v) is 20.6. The van der Waals surface area contributed by atoms with E-state index < -0.39 is 17.2 Å². The second-order valence-corrected chi connectivity index (χ2v) is 9.09. The lowest BCUT2D eigenvalue weighted by Crippen LogP contribution is -2.24. The molecule has 1 aromatic carbocycles. The van der Waals surface area contributed by atoms with Crippen LogP contribution in [0, 0.1) is 32.4 Å². The summed E-state index contributed by atoms with van der Waals surface area (Å²) in [5, 5.41) is 10.3. The van der Waals surface area contributed by atoms with Crippen LogP contribution in [0.1, 0.15) is 42.2 Å². The largest absolute Gasteiger partial charge is 0.488 e. The minimum Gasteiger partial charge on any atom is -0.488 e. The summed E-state index contributed by atoms with van der Waals surface area (Å²) in [5.74, 6) is -0.806. The van der Waals surface area contributed by atoms with E-state index in [1.807, 2.05) is 0 Å². The maximum absolute atomic E-state index is 14.0. The lowest BCUT2D eigenvalue weighted by Gasteiger charge is -2.18. The average molecular weight is 493 g/mol. The molecule has 0 bridgehead atoms. The van der Waals surface area contributed by atoms with Gasteiger partial charge in [-0.25, -0.2) is 18.7 Å². The third-order valence-corrected chi connectivity index (χ3v) is 5.78. The van der Waals surface area contributed by atoms with Crippen molar-refractivity contribution in [2.75, 3.05) is 0 Å². The van der Waals surface area contributed by atoms with Gasteiger partial charge in [0.05, 0.1) is 22.6 Å². The zero-order chi connectivity index (χ0) is 26.2. The maximum Gasteiger partial charge on any atom is 0.261 e. The molecule has 0 amide bonds. The second-order valence-electron chi connectivity index (χ2n) is 9.09. The van der Waals surface area contributed by atoms with Gasteiger partial charge in [0, 0.05) is 41.3 Å². The number of rotatable bonds is 6. The summed E-state index contributed by atoms with van der Waals surface area (Å²) < 4.78 is 34.4. The van der Waals surface area contributed by atoms with Gasteiger partial charge in [0.15, 0.2) is 5.82 Å². The van der Waals surface area contributed by atoms with Crippen molar-refractivity contribution in [2.24, 2.45) is 0 Å². The molecule has 4 rings (SSSR count). The van der Waals surface area contributed by atoms with Gasteiger partial charge in [-0.15, -0.1) is 0 Å². The van der Waals surface area contributed by atoms with Crippen LogP contribution in [0.3, 0.4) is 0 Å². The Labute approximate surface area is 207 Å². The third kappa shape index (κ3) is 5.01. The number of nitrogens with zero attached hydrogens (tertiary/aromatic N) is 4. The van der Waals surface area contributed by atoms with Gasteiger partial charge in [-0.1, -0.05) is 0 Å². The van der Waals surface area contributed by atoms with Crippen LogP contribution < -0.4 is 10.3 Å². The molecule has 0 aliphatic carbocycles. The van der Waals surface area contributed by atoms with Gasteiger partial charge in [0.1, 0.15) is 29.6 Å². The van der Waals surface area contributed by atoms with Crippen LogP contribution in [-0.2, 0) is 12.2 Å². The Bertz CT molecular complexity index is 1510. The number of aliphatic hydroxyl groups is 1. The molecule has 3 aromatic heterocycles. The highest BCUT2D eigenvalue weighted by atomic mass is 19.1. The number of ether oxygens (including phenoxy) is 1. The Morgan fingerprint density at radius 2 is 1.81 bits per heavy atom. The van der Waals surface area contributed by atoms with Crippen molar-refractivity contribution in [3.8, 4) is 22.7 Å². The molecule has 0 spiro atoms. The third-order valence-electron chi connectivity index (χ3n) is 5.78. The highest BCUT2D eigenvalue weighted by Crippen LogP contribution is 2.26. The van der Waals surface area contributed by atoms with Crippen LogP contribution in [0.25, 0.3) is 16.9 Å². The van der Waals surface area contributed by atoms with Crippen LogP contribution in [-0.4, -0.2) is 24.6 Å². The monoisotopic (exact) mass is 492 g/mol. The Hall–Kier alpha value is -3.98. The molecule has 0 fully saturated rings. The first-order chi connectivity index (χ1) is 17.0. The van der Waals surface area contributed by atoms with Crippen LogP contribution in [0.4, 0.5) is 8.78 Å². The quantitative estimate of drug-likeness (QED) is 0.420. The number of pyridine rings is 2. The van der Waals surface area contributed by atoms with E-state index >= 15 is 0 Å². The SMILES string of the molecule is Cc1ncc(-c2ccnc(C(C)(C)O)n2)cc1-n1c(C)cc(OCc2ccc(F)cc2F)c(C)c1=O. The van der Waals surface area contributed by atoms with E-state index in [9.17, 15) is 18.7 Å². The number of aryl methyl sites for hydroxylation is 2. The molecule has 3 heterocycles. The first-order valence-electron chi connectivity index (χ1n) is 11.3. The molecule has 7 nitrogen and oxygen atoms in total. The molecule has 0 saturated carbocycles. The van der Waals surface area contributed by atoms with Crippen molar-refractivity contribution >= 4 is 0 Å². The van der Waals surface area contributed by atoms with E-state index in [1.165, 1.54) is 10.6 Å². The average Bonchev–Trinajstić information content (AvgIpc) is 2.82. The summed E-state index contributed by atoms with van der Waals surface area (Å²) in [4.78, 5) is 26.5. The summed E-state index contributed by atoms with van der Waals surface area (Å²) in [6, 6.07) is 8.47. The molecule has 0 unspecified atom stereocenters. The standard InChI is InChI=1S/C27H26F2N4O3/c1-15-10-24(36-14-18-6-7-20(28)12-21(18)29)16(2)25(34)33(15)23-11-19(13-31-17(23)3)22-8-9-30-26(32-22)27(4,5)35/h6-13,35H,14H2,1-5H3. The molecule has 0 radical (unpaired) electrons. The topological polar surface area (TPSA) is 90.1 Å². The van der Waals surface area contributed by atoms with Crippen LogP contribution in [0.5, 0.6) is 5.75 Å². The molecule has 0 atom stereocenters.